The largest absolute Gasteiger partial charge is 0.444 e. The van der Waals surface area contributed by atoms with E-state index in [0.717, 1.165) is 0 Å². The quantitative estimate of drug-likeness (QED) is 0.820. The van der Waals surface area contributed by atoms with Crippen LogP contribution in [0.4, 0.5) is 16.2 Å². The summed E-state index contributed by atoms with van der Waals surface area (Å²) in [6.07, 6.45) is 0.643. The molecule has 0 spiro atoms. The van der Waals surface area contributed by atoms with Gasteiger partial charge in [0.25, 0.3) is 0 Å². The summed E-state index contributed by atoms with van der Waals surface area (Å²) >= 11 is 6.01. The van der Waals surface area contributed by atoms with Crippen molar-refractivity contribution in [2.75, 3.05) is 10.6 Å². The van der Waals surface area contributed by atoms with Crippen molar-refractivity contribution in [3.8, 4) is 12.1 Å². The molecule has 0 saturated heterocycles. The van der Waals surface area contributed by atoms with Crippen LogP contribution in [0.3, 0.4) is 0 Å². The molecule has 0 heterocycles. The average molecular weight is 319 g/mol. The maximum atomic E-state index is 11.7. The molecular formula is C15H15ClN4O2. The molecular weight excluding hydrogens is 304 g/mol. The van der Waals surface area contributed by atoms with Crippen LogP contribution in [0.2, 0.25) is 5.02 Å². The van der Waals surface area contributed by atoms with Crippen molar-refractivity contribution in [1.82, 2.24) is 0 Å². The van der Waals surface area contributed by atoms with E-state index in [4.69, 9.17) is 26.9 Å². The Morgan fingerprint density at radius 3 is 2.50 bits per heavy atom. The van der Waals surface area contributed by atoms with Crippen molar-refractivity contribution in [1.29, 1.82) is 10.5 Å². The molecule has 0 bridgehead atoms. The van der Waals surface area contributed by atoms with Gasteiger partial charge in [0.2, 0.25) is 0 Å². The Balaban J connectivity index is 2.87. The van der Waals surface area contributed by atoms with Gasteiger partial charge in [-0.25, -0.2) is 4.79 Å². The first-order valence-corrected chi connectivity index (χ1v) is 6.69. The summed E-state index contributed by atoms with van der Waals surface area (Å²) < 4.78 is 5.14. The van der Waals surface area contributed by atoms with Gasteiger partial charge in [-0.1, -0.05) is 11.6 Å². The van der Waals surface area contributed by atoms with Crippen molar-refractivity contribution in [3.05, 3.63) is 35.0 Å². The molecule has 0 saturated carbocycles. The van der Waals surface area contributed by atoms with Crippen LogP contribution in [0, 0.1) is 22.7 Å². The lowest BCUT2D eigenvalue weighted by molar-refractivity contribution is 0.0636. The maximum Gasteiger partial charge on any atom is 0.412 e. The molecule has 0 aromatic heterocycles. The van der Waals surface area contributed by atoms with Gasteiger partial charge in [-0.3, -0.25) is 5.32 Å². The molecule has 22 heavy (non-hydrogen) atoms. The van der Waals surface area contributed by atoms with E-state index < -0.39 is 11.7 Å². The monoisotopic (exact) mass is 318 g/mol. The topological polar surface area (TPSA) is 97.9 Å². The number of hydrogen-bond acceptors (Lipinski definition) is 5. The number of nitriles is 2. The van der Waals surface area contributed by atoms with Crippen molar-refractivity contribution >= 4 is 29.1 Å². The third kappa shape index (κ3) is 5.74. The maximum absolute atomic E-state index is 11.7. The third-order valence-electron chi connectivity index (χ3n) is 2.22. The van der Waals surface area contributed by atoms with Gasteiger partial charge in [-0.2, -0.15) is 10.5 Å². The molecule has 0 unspecified atom stereocenters. The predicted molar refractivity (Wildman–Crippen MR) is 84.2 cm³/mol. The first kappa shape index (κ1) is 17.4. The molecule has 7 heteroatoms. The van der Waals surface area contributed by atoms with Gasteiger partial charge in [0.15, 0.2) is 0 Å². The number of carbonyl (C=O) groups excluding carboxylic acids is 1. The number of anilines is 2. The summed E-state index contributed by atoms with van der Waals surface area (Å²) in [5.41, 5.74) is 0.208. The summed E-state index contributed by atoms with van der Waals surface area (Å²) in [6.45, 7) is 5.28. The number of benzene rings is 1. The summed E-state index contributed by atoms with van der Waals surface area (Å²) in [5, 5.41) is 23.0. The van der Waals surface area contributed by atoms with Crippen molar-refractivity contribution in [2.45, 2.75) is 26.4 Å². The number of nitrogens with zero attached hydrogens (tertiary/aromatic N) is 2. The van der Waals surface area contributed by atoms with E-state index in [1.54, 1.807) is 51.1 Å². The predicted octanol–water partition coefficient (Wildman–Crippen LogP) is 4.03. The second-order valence-corrected chi connectivity index (χ2v) is 5.65. The number of amides is 1. The molecule has 0 atom stereocenters. The van der Waals surface area contributed by atoms with E-state index in [2.05, 4.69) is 10.6 Å². The minimum Gasteiger partial charge on any atom is -0.444 e. The van der Waals surface area contributed by atoms with Gasteiger partial charge in [-0.05, 0) is 39.0 Å². The first-order chi connectivity index (χ1) is 10.2. The Hall–Kier alpha value is -2.70. The molecule has 2 N–H and O–H groups in total. The lowest BCUT2D eigenvalue weighted by Gasteiger charge is -2.19. The number of carbonyl (C=O) groups is 1. The first-order valence-electron chi connectivity index (χ1n) is 6.31. The molecule has 0 aliphatic rings. The molecule has 1 aromatic rings. The summed E-state index contributed by atoms with van der Waals surface area (Å²) in [7, 11) is 0. The molecule has 0 aliphatic carbocycles. The highest BCUT2D eigenvalue weighted by Crippen LogP contribution is 2.26. The van der Waals surface area contributed by atoms with Crippen LogP contribution in [0.25, 0.3) is 0 Å². The highest BCUT2D eigenvalue weighted by atomic mass is 35.5. The number of ether oxygens (including phenoxy) is 1. The third-order valence-corrected chi connectivity index (χ3v) is 2.55. The number of hydrogen-bond donors (Lipinski definition) is 2. The van der Waals surface area contributed by atoms with E-state index in [1.165, 1.54) is 6.20 Å². The molecule has 1 aromatic carbocycles. The van der Waals surface area contributed by atoms with Crippen LogP contribution < -0.4 is 10.6 Å². The van der Waals surface area contributed by atoms with E-state index >= 15 is 0 Å². The van der Waals surface area contributed by atoms with Gasteiger partial charge < -0.3 is 10.1 Å². The fourth-order valence-corrected chi connectivity index (χ4v) is 1.55. The minimum absolute atomic E-state index is 0.0958. The second kappa shape index (κ2) is 7.35. The van der Waals surface area contributed by atoms with Gasteiger partial charge >= 0.3 is 6.09 Å². The van der Waals surface area contributed by atoms with Gasteiger partial charge in [0.05, 0.1) is 10.7 Å². The highest BCUT2D eigenvalue weighted by molar-refractivity contribution is 6.33. The Bertz CT molecular complexity index is 662. The standard InChI is InChI=1S/C15H15ClN4O2/c1-15(2,3)22-14(21)20-11-4-5-12(16)13(6-11)19-9-10(7-17)8-18/h4-6,9,19H,1-3H3,(H,20,21). The molecule has 0 radical (unpaired) electrons. The van der Waals surface area contributed by atoms with Gasteiger partial charge in [0, 0.05) is 11.9 Å². The van der Waals surface area contributed by atoms with Crippen molar-refractivity contribution < 1.29 is 9.53 Å². The summed E-state index contributed by atoms with van der Waals surface area (Å²) in [6, 6.07) is 8.18. The zero-order valence-corrected chi connectivity index (χ0v) is 13.2. The Morgan fingerprint density at radius 1 is 1.32 bits per heavy atom. The number of rotatable bonds is 3. The van der Waals surface area contributed by atoms with Crippen LogP contribution in [-0.2, 0) is 4.74 Å². The Labute approximate surface area is 133 Å². The van der Waals surface area contributed by atoms with E-state index in [-0.39, 0.29) is 5.57 Å². The van der Waals surface area contributed by atoms with Crippen LogP contribution in [0.5, 0.6) is 0 Å². The van der Waals surface area contributed by atoms with Crippen LogP contribution in [-0.4, -0.2) is 11.7 Å². The zero-order chi connectivity index (χ0) is 16.8. The summed E-state index contributed by atoms with van der Waals surface area (Å²) in [5.74, 6) is 0. The number of halogens is 1. The number of allylic oxidation sites excluding steroid dienone is 1. The van der Waals surface area contributed by atoms with Crippen LogP contribution >= 0.6 is 11.6 Å². The lowest BCUT2D eigenvalue weighted by Crippen LogP contribution is -2.27. The lowest BCUT2D eigenvalue weighted by atomic mass is 10.2. The zero-order valence-electron chi connectivity index (χ0n) is 12.4. The molecule has 114 valence electrons. The van der Waals surface area contributed by atoms with Crippen LogP contribution in [0.1, 0.15) is 20.8 Å². The smallest absolute Gasteiger partial charge is 0.412 e. The van der Waals surface area contributed by atoms with Crippen LogP contribution in [0.15, 0.2) is 30.0 Å². The van der Waals surface area contributed by atoms with Crippen molar-refractivity contribution in [2.24, 2.45) is 0 Å². The number of nitrogens with one attached hydrogen (secondary N) is 2. The summed E-state index contributed by atoms with van der Waals surface area (Å²) in [4.78, 5) is 11.7. The van der Waals surface area contributed by atoms with E-state index in [1.807, 2.05) is 0 Å². The fourth-order valence-electron chi connectivity index (χ4n) is 1.37. The SMILES string of the molecule is CC(C)(C)OC(=O)Nc1ccc(Cl)c(NC=C(C#N)C#N)c1. The normalized spacial score (nSPS) is 9.91. The molecule has 0 aliphatic heterocycles. The highest BCUT2D eigenvalue weighted by Gasteiger charge is 2.16. The van der Waals surface area contributed by atoms with E-state index in [0.29, 0.717) is 16.4 Å². The fraction of sp³-hybridized carbons (Fsp3) is 0.267. The average Bonchev–Trinajstić information content (AvgIpc) is 2.41. The second-order valence-electron chi connectivity index (χ2n) is 5.25. The minimum atomic E-state index is -0.602. The van der Waals surface area contributed by atoms with Crippen molar-refractivity contribution in [3.63, 3.8) is 0 Å². The molecule has 6 nitrogen and oxygen atoms in total. The van der Waals surface area contributed by atoms with Gasteiger partial charge in [0.1, 0.15) is 23.3 Å². The molecule has 0 fully saturated rings. The van der Waals surface area contributed by atoms with E-state index in [9.17, 15) is 4.79 Å². The van der Waals surface area contributed by atoms with Gasteiger partial charge in [-0.15, -0.1) is 0 Å². The molecule has 1 rings (SSSR count). The Kier molecular flexibility index (Phi) is 5.80. The molecule has 1 amide bonds. The Morgan fingerprint density at radius 2 is 1.95 bits per heavy atom.